The molecule has 0 unspecified atom stereocenters. The molecule has 0 aromatic carbocycles. The lowest BCUT2D eigenvalue weighted by atomic mass is 9.76. The molecule has 1 aromatic heterocycles. The van der Waals surface area contributed by atoms with Gasteiger partial charge in [-0.25, -0.2) is 0 Å². The molecule has 1 spiro atoms. The normalized spacial score (nSPS) is 29.1. The van der Waals surface area contributed by atoms with Gasteiger partial charge in [-0.1, -0.05) is 18.0 Å². The third-order valence-electron chi connectivity index (χ3n) is 5.10. The number of aromatic nitrogens is 1. The molecule has 1 amide bonds. The fraction of sp³-hybridized carbons (Fsp3) is 0.625. The van der Waals surface area contributed by atoms with E-state index in [1.165, 1.54) is 12.8 Å². The summed E-state index contributed by atoms with van der Waals surface area (Å²) >= 11 is 6.00. The lowest BCUT2D eigenvalue weighted by Gasteiger charge is -2.30. The molecule has 2 fully saturated rings. The number of halogens is 1. The number of hydrogen-bond donors (Lipinski definition) is 1. The molecular formula is C16H22ClN3O. The summed E-state index contributed by atoms with van der Waals surface area (Å²) in [6.45, 7) is 2.94. The number of carbonyl (C=O) groups excluding carboxylic acids is 1. The van der Waals surface area contributed by atoms with Crippen LogP contribution in [0.2, 0.25) is 5.02 Å². The quantitative estimate of drug-likeness (QED) is 0.933. The second kappa shape index (κ2) is 5.93. The van der Waals surface area contributed by atoms with E-state index in [1.54, 1.807) is 13.2 Å². The van der Waals surface area contributed by atoms with Crippen molar-refractivity contribution in [2.45, 2.75) is 32.2 Å². The predicted octanol–water partition coefficient (Wildman–Crippen LogP) is 2.47. The van der Waals surface area contributed by atoms with E-state index in [9.17, 15) is 4.79 Å². The maximum atomic E-state index is 12.1. The number of likely N-dealkylation sites (tertiary alicyclic amines) is 1. The first-order valence-electron chi connectivity index (χ1n) is 7.66. The first kappa shape index (κ1) is 14.8. The standard InChI is InChI=1S/C16H22ClN3O/c1-18-15(21)14-3-2-4-16(14)5-6-20(11-16)10-12-7-13(17)9-19-8-12/h7-9,14H,2-6,10-11H2,1H3,(H,18,21)/t14-,16+/m0/s1. The first-order chi connectivity index (χ1) is 10.1. The van der Waals surface area contributed by atoms with Crippen LogP contribution in [-0.4, -0.2) is 35.9 Å². The Hall–Kier alpha value is -1.13. The van der Waals surface area contributed by atoms with E-state index in [4.69, 9.17) is 11.6 Å². The highest BCUT2D eigenvalue weighted by molar-refractivity contribution is 6.30. The van der Waals surface area contributed by atoms with Crippen LogP contribution in [0.4, 0.5) is 0 Å². The highest BCUT2D eigenvalue weighted by Gasteiger charge is 2.49. The first-order valence-corrected chi connectivity index (χ1v) is 8.04. The summed E-state index contributed by atoms with van der Waals surface area (Å²) in [5, 5.41) is 3.53. The molecule has 5 heteroatoms. The van der Waals surface area contributed by atoms with E-state index in [2.05, 4.69) is 15.2 Å². The molecule has 3 rings (SSSR count). The third-order valence-corrected chi connectivity index (χ3v) is 5.31. The Morgan fingerprint density at radius 2 is 2.38 bits per heavy atom. The van der Waals surface area contributed by atoms with Crippen molar-refractivity contribution in [3.63, 3.8) is 0 Å². The second-order valence-corrected chi connectivity index (χ2v) is 6.83. The van der Waals surface area contributed by atoms with Crippen molar-refractivity contribution in [2.75, 3.05) is 20.1 Å². The topological polar surface area (TPSA) is 45.2 Å². The predicted molar refractivity (Wildman–Crippen MR) is 83.0 cm³/mol. The van der Waals surface area contributed by atoms with Crippen LogP contribution >= 0.6 is 11.6 Å². The van der Waals surface area contributed by atoms with Gasteiger partial charge in [-0.3, -0.25) is 14.7 Å². The summed E-state index contributed by atoms with van der Waals surface area (Å²) in [6.07, 6.45) is 8.04. The van der Waals surface area contributed by atoms with Gasteiger partial charge in [0.25, 0.3) is 0 Å². The Morgan fingerprint density at radius 3 is 3.14 bits per heavy atom. The zero-order valence-electron chi connectivity index (χ0n) is 12.4. The summed E-state index contributed by atoms with van der Waals surface area (Å²) in [6, 6.07) is 1.98. The molecule has 0 radical (unpaired) electrons. The molecule has 0 bridgehead atoms. The second-order valence-electron chi connectivity index (χ2n) is 6.39. The van der Waals surface area contributed by atoms with Gasteiger partial charge < -0.3 is 5.32 Å². The Labute approximate surface area is 130 Å². The van der Waals surface area contributed by atoms with Crippen LogP contribution in [0.5, 0.6) is 0 Å². The van der Waals surface area contributed by atoms with Crippen LogP contribution in [0.3, 0.4) is 0 Å². The Balaban J connectivity index is 1.68. The lowest BCUT2D eigenvalue weighted by Crippen LogP contribution is -2.39. The van der Waals surface area contributed by atoms with E-state index < -0.39 is 0 Å². The number of amides is 1. The van der Waals surface area contributed by atoms with E-state index in [0.717, 1.165) is 38.0 Å². The molecule has 1 saturated carbocycles. The van der Waals surface area contributed by atoms with Crippen molar-refractivity contribution >= 4 is 17.5 Å². The van der Waals surface area contributed by atoms with E-state index in [-0.39, 0.29) is 17.2 Å². The van der Waals surface area contributed by atoms with E-state index >= 15 is 0 Å². The minimum Gasteiger partial charge on any atom is -0.359 e. The SMILES string of the molecule is CNC(=O)[C@@H]1CCC[C@]12CCN(Cc1cncc(Cl)c1)C2. The van der Waals surface area contributed by atoms with Crippen molar-refractivity contribution in [2.24, 2.45) is 11.3 Å². The molecule has 1 aliphatic carbocycles. The van der Waals surface area contributed by atoms with Crippen molar-refractivity contribution in [1.82, 2.24) is 15.2 Å². The third kappa shape index (κ3) is 2.92. The summed E-state index contributed by atoms with van der Waals surface area (Å²) < 4.78 is 0. The van der Waals surface area contributed by atoms with Crippen LogP contribution in [-0.2, 0) is 11.3 Å². The Bertz CT molecular complexity index is 536. The maximum absolute atomic E-state index is 12.1. The van der Waals surface area contributed by atoms with Crippen LogP contribution in [0.1, 0.15) is 31.2 Å². The molecule has 1 aliphatic heterocycles. The number of hydrogen-bond acceptors (Lipinski definition) is 3. The summed E-state index contributed by atoms with van der Waals surface area (Å²) in [7, 11) is 1.75. The number of pyridine rings is 1. The Morgan fingerprint density at radius 1 is 1.52 bits per heavy atom. The van der Waals surface area contributed by atoms with Gasteiger partial charge in [0, 0.05) is 38.4 Å². The molecular weight excluding hydrogens is 286 g/mol. The molecule has 21 heavy (non-hydrogen) atoms. The van der Waals surface area contributed by atoms with E-state index in [0.29, 0.717) is 5.02 Å². The average Bonchev–Trinajstić information content (AvgIpc) is 3.06. The van der Waals surface area contributed by atoms with Gasteiger partial charge >= 0.3 is 0 Å². The molecule has 2 heterocycles. The van der Waals surface area contributed by atoms with Crippen LogP contribution in [0, 0.1) is 11.3 Å². The molecule has 114 valence electrons. The number of rotatable bonds is 3. The number of nitrogens with zero attached hydrogens (tertiary/aromatic N) is 2. The molecule has 1 aromatic rings. The highest BCUT2D eigenvalue weighted by Crippen LogP contribution is 2.50. The van der Waals surface area contributed by atoms with Gasteiger partial charge in [0.2, 0.25) is 5.91 Å². The minimum atomic E-state index is 0.185. The van der Waals surface area contributed by atoms with Crippen molar-refractivity contribution in [1.29, 1.82) is 0 Å². The monoisotopic (exact) mass is 307 g/mol. The zero-order valence-corrected chi connectivity index (χ0v) is 13.2. The fourth-order valence-electron chi connectivity index (χ4n) is 4.13. The van der Waals surface area contributed by atoms with Gasteiger partial charge in [-0.05, 0) is 42.9 Å². The van der Waals surface area contributed by atoms with Crippen LogP contribution in [0.25, 0.3) is 0 Å². The van der Waals surface area contributed by atoms with Crippen LogP contribution < -0.4 is 5.32 Å². The van der Waals surface area contributed by atoms with Gasteiger partial charge in [0.1, 0.15) is 0 Å². The summed E-state index contributed by atoms with van der Waals surface area (Å²) in [4.78, 5) is 18.7. The lowest BCUT2D eigenvalue weighted by molar-refractivity contribution is -0.127. The highest BCUT2D eigenvalue weighted by atomic mass is 35.5. The van der Waals surface area contributed by atoms with Gasteiger partial charge in [-0.15, -0.1) is 0 Å². The average molecular weight is 308 g/mol. The molecule has 1 saturated heterocycles. The summed E-state index contributed by atoms with van der Waals surface area (Å²) in [5.74, 6) is 0.406. The molecule has 1 N–H and O–H groups in total. The van der Waals surface area contributed by atoms with Gasteiger partial charge in [0.05, 0.1) is 5.02 Å². The smallest absolute Gasteiger partial charge is 0.223 e. The molecule has 4 nitrogen and oxygen atoms in total. The van der Waals surface area contributed by atoms with Crippen LogP contribution in [0.15, 0.2) is 18.5 Å². The fourth-order valence-corrected chi connectivity index (χ4v) is 4.33. The maximum Gasteiger partial charge on any atom is 0.223 e. The van der Waals surface area contributed by atoms with Crippen molar-refractivity contribution in [3.05, 3.63) is 29.0 Å². The number of nitrogens with one attached hydrogen (secondary N) is 1. The minimum absolute atomic E-state index is 0.185. The van der Waals surface area contributed by atoms with Crippen molar-refractivity contribution < 1.29 is 4.79 Å². The molecule has 2 atom stereocenters. The van der Waals surface area contributed by atoms with Gasteiger partial charge in [-0.2, -0.15) is 0 Å². The van der Waals surface area contributed by atoms with Gasteiger partial charge in [0.15, 0.2) is 0 Å². The zero-order chi connectivity index (χ0) is 14.9. The Kier molecular flexibility index (Phi) is 4.18. The largest absolute Gasteiger partial charge is 0.359 e. The van der Waals surface area contributed by atoms with Crippen molar-refractivity contribution in [3.8, 4) is 0 Å². The van der Waals surface area contributed by atoms with E-state index in [1.807, 2.05) is 12.3 Å². The summed E-state index contributed by atoms with van der Waals surface area (Å²) in [5.41, 5.74) is 1.33. The molecule has 2 aliphatic rings. The number of carbonyl (C=O) groups is 1.